The summed E-state index contributed by atoms with van der Waals surface area (Å²) in [5.74, 6) is -4.65. The van der Waals surface area contributed by atoms with Crippen molar-refractivity contribution >= 4 is 23.2 Å². The summed E-state index contributed by atoms with van der Waals surface area (Å²) < 4.78 is 64.4. The molecule has 30 heavy (non-hydrogen) atoms. The molecule has 0 aliphatic heterocycles. The van der Waals surface area contributed by atoms with Gasteiger partial charge in [-0.05, 0) is 49.2 Å². The van der Waals surface area contributed by atoms with Crippen molar-refractivity contribution in [1.29, 1.82) is 0 Å². The Hall–Kier alpha value is -2.26. The van der Waals surface area contributed by atoms with Crippen LogP contribution in [-0.2, 0) is 0 Å². The first-order valence-corrected chi connectivity index (χ1v) is 11.7. The maximum Gasteiger partial charge on any atom is 0.453 e. The Bertz CT molecular complexity index is 812. The topological polar surface area (TPSA) is 0 Å². The molecule has 0 amide bonds. The van der Waals surface area contributed by atoms with E-state index < -0.39 is 25.8 Å². The minimum atomic E-state index is -5.50. The third-order valence-electron chi connectivity index (χ3n) is 5.24. The van der Waals surface area contributed by atoms with E-state index >= 15 is 0 Å². The second-order valence-corrected chi connectivity index (χ2v) is 10.8. The SMILES string of the molecule is FC(F)(F)C(F)(F)CCCC[P+](c1ccccc1)(c1ccccc1)c1ccccc1. The number of alkyl halides is 5. The first-order valence-electron chi connectivity index (χ1n) is 9.77. The highest BCUT2D eigenvalue weighted by Gasteiger charge is 2.56. The average Bonchev–Trinajstić information content (AvgIpc) is 2.75. The van der Waals surface area contributed by atoms with Crippen LogP contribution in [0.2, 0.25) is 0 Å². The fourth-order valence-electron chi connectivity index (χ4n) is 3.72. The van der Waals surface area contributed by atoms with Crippen LogP contribution in [0.1, 0.15) is 19.3 Å². The monoisotopic (exact) mass is 437 g/mol. The zero-order valence-electron chi connectivity index (χ0n) is 16.3. The van der Waals surface area contributed by atoms with Gasteiger partial charge in [-0.3, -0.25) is 0 Å². The van der Waals surface area contributed by atoms with Crippen LogP contribution in [0.5, 0.6) is 0 Å². The Morgan fingerprint density at radius 3 is 1.23 bits per heavy atom. The van der Waals surface area contributed by atoms with Gasteiger partial charge in [0.2, 0.25) is 0 Å². The molecule has 0 radical (unpaired) electrons. The third kappa shape index (κ3) is 4.73. The van der Waals surface area contributed by atoms with E-state index in [-0.39, 0.29) is 12.8 Å². The van der Waals surface area contributed by atoms with Gasteiger partial charge in [-0.1, -0.05) is 54.6 Å². The minimum absolute atomic E-state index is 0.194. The summed E-state index contributed by atoms with van der Waals surface area (Å²) >= 11 is 0. The Morgan fingerprint density at radius 1 is 0.533 bits per heavy atom. The predicted molar refractivity (Wildman–Crippen MR) is 115 cm³/mol. The zero-order valence-corrected chi connectivity index (χ0v) is 17.2. The fourth-order valence-corrected chi connectivity index (χ4v) is 8.13. The normalized spacial score (nSPS) is 12.7. The van der Waals surface area contributed by atoms with Crippen LogP contribution in [0, 0.1) is 0 Å². The van der Waals surface area contributed by atoms with Crippen LogP contribution in [0.3, 0.4) is 0 Å². The summed E-state index contributed by atoms with van der Waals surface area (Å²) in [7, 11) is -2.20. The molecule has 6 heteroatoms. The van der Waals surface area contributed by atoms with E-state index in [4.69, 9.17) is 0 Å². The lowest BCUT2D eigenvalue weighted by molar-refractivity contribution is -0.284. The number of unbranched alkanes of at least 4 members (excludes halogenated alkanes) is 1. The van der Waals surface area contributed by atoms with Crippen molar-refractivity contribution in [1.82, 2.24) is 0 Å². The zero-order chi connectivity index (χ0) is 21.7. The van der Waals surface area contributed by atoms with Crippen molar-refractivity contribution in [2.75, 3.05) is 6.16 Å². The molecular formula is C24H23F5P+. The molecular weight excluding hydrogens is 414 g/mol. The molecule has 0 aliphatic rings. The lowest BCUT2D eigenvalue weighted by Gasteiger charge is -2.28. The van der Waals surface area contributed by atoms with Gasteiger partial charge in [-0.2, -0.15) is 22.0 Å². The van der Waals surface area contributed by atoms with Gasteiger partial charge >= 0.3 is 12.1 Å². The number of hydrogen-bond donors (Lipinski definition) is 0. The van der Waals surface area contributed by atoms with Crippen LogP contribution in [0.4, 0.5) is 22.0 Å². The van der Waals surface area contributed by atoms with Gasteiger partial charge in [0.25, 0.3) is 0 Å². The molecule has 0 saturated heterocycles. The van der Waals surface area contributed by atoms with Crippen LogP contribution in [0.15, 0.2) is 91.0 Å². The molecule has 3 aromatic carbocycles. The number of halogens is 5. The number of hydrogen-bond acceptors (Lipinski definition) is 0. The molecule has 0 aliphatic carbocycles. The summed E-state index contributed by atoms with van der Waals surface area (Å²) in [6.45, 7) is 0. The van der Waals surface area contributed by atoms with Gasteiger partial charge in [0.1, 0.15) is 23.2 Å². The smallest absolute Gasteiger partial charge is 0.196 e. The molecule has 0 saturated carbocycles. The molecule has 0 aromatic heterocycles. The Labute approximate surface area is 174 Å². The summed E-state index contributed by atoms with van der Waals surface area (Å²) in [5, 5.41) is 3.26. The summed E-state index contributed by atoms with van der Waals surface area (Å²) in [5.41, 5.74) is 0. The lowest BCUT2D eigenvalue weighted by atomic mass is 10.1. The second-order valence-electron chi connectivity index (χ2n) is 7.20. The second kappa shape index (κ2) is 9.26. The molecule has 0 spiro atoms. The van der Waals surface area contributed by atoms with Crippen molar-refractivity contribution < 1.29 is 22.0 Å². The highest BCUT2D eigenvalue weighted by molar-refractivity contribution is 7.95. The van der Waals surface area contributed by atoms with Crippen LogP contribution < -0.4 is 15.9 Å². The van der Waals surface area contributed by atoms with Crippen LogP contribution in [-0.4, -0.2) is 18.3 Å². The summed E-state index contributed by atoms with van der Waals surface area (Å²) in [6.07, 6.45) is -6.08. The van der Waals surface area contributed by atoms with Gasteiger partial charge in [0, 0.05) is 6.42 Å². The Morgan fingerprint density at radius 2 is 0.900 bits per heavy atom. The largest absolute Gasteiger partial charge is 0.453 e. The molecule has 158 valence electrons. The first kappa shape index (κ1) is 22.4. The van der Waals surface area contributed by atoms with E-state index in [0.29, 0.717) is 6.16 Å². The van der Waals surface area contributed by atoms with Crippen LogP contribution >= 0.6 is 7.26 Å². The summed E-state index contributed by atoms with van der Waals surface area (Å²) in [4.78, 5) is 0. The Balaban J connectivity index is 1.98. The van der Waals surface area contributed by atoms with Gasteiger partial charge in [-0.15, -0.1) is 0 Å². The van der Waals surface area contributed by atoms with Gasteiger partial charge < -0.3 is 0 Å². The van der Waals surface area contributed by atoms with E-state index in [1.807, 2.05) is 91.0 Å². The van der Waals surface area contributed by atoms with E-state index in [0.717, 1.165) is 15.9 Å². The number of rotatable bonds is 8. The van der Waals surface area contributed by atoms with Crippen molar-refractivity contribution in [3.05, 3.63) is 91.0 Å². The molecule has 0 unspecified atom stereocenters. The van der Waals surface area contributed by atoms with Gasteiger partial charge in [-0.25, -0.2) is 0 Å². The molecule has 3 rings (SSSR count). The molecule has 0 N–H and O–H groups in total. The highest BCUT2D eigenvalue weighted by Crippen LogP contribution is 2.56. The molecule has 0 heterocycles. The predicted octanol–water partition coefficient (Wildman–Crippen LogP) is 6.35. The molecule has 0 nitrogen and oxygen atoms in total. The molecule has 0 fully saturated rings. The highest BCUT2D eigenvalue weighted by atomic mass is 31.2. The maximum atomic E-state index is 13.4. The molecule has 0 bridgehead atoms. The Kier molecular flexibility index (Phi) is 6.92. The molecule has 0 atom stereocenters. The average molecular weight is 437 g/mol. The first-order chi connectivity index (χ1) is 14.3. The lowest BCUT2D eigenvalue weighted by Crippen LogP contribution is -2.36. The van der Waals surface area contributed by atoms with E-state index in [2.05, 4.69) is 0 Å². The maximum absolute atomic E-state index is 13.4. The van der Waals surface area contributed by atoms with Gasteiger partial charge in [0.15, 0.2) is 0 Å². The van der Waals surface area contributed by atoms with E-state index in [1.54, 1.807) is 0 Å². The number of benzene rings is 3. The van der Waals surface area contributed by atoms with Crippen molar-refractivity contribution in [2.24, 2.45) is 0 Å². The molecule has 3 aromatic rings. The van der Waals surface area contributed by atoms with E-state index in [1.165, 1.54) is 0 Å². The van der Waals surface area contributed by atoms with Crippen molar-refractivity contribution in [2.45, 2.75) is 31.4 Å². The minimum Gasteiger partial charge on any atom is -0.196 e. The van der Waals surface area contributed by atoms with Crippen molar-refractivity contribution in [3.63, 3.8) is 0 Å². The fraction of sp³-hybridized carbons (Fsp3) is 0.250. The summed E-state index contributed by atoms with van der Waals surface area (Å²) in [6, 6.07) is 29.5. The van der Waals surface area contributed by atoms with E-state index in [9.17, 15) is 22.0 Å². The van der Waals surface area contributed by atoms with Gasteiger partial charge in [0.05, 0.1) is 6.16 Å². The van der Waals surface area contributed by atoms with Crippen molar-refractivity contribution in [3.8, 4) is 0 Å². The quantitative estimate of drug-likeness (QED) is 0.219. The van der Waals surface area contributed by atoms with Crippen LogP contribution in [0.25, 0.3) is 0 Å². The third-order valence-corrected chi connectivity index (χ3v) is 9.77. The standard InChI is InChI=1S/C24H23F5P/c25-23(26,24(27,28)29)18-10-11-19-30(20-12-4-1-5-13-20,21-14-6-2-7-15-21)22-16-8-3-9-17-22/h1-9,12-17H,10-11,18-19H2/q+1.